The number of aryl methyl sites for hydroxylation is 1. The normalized spacial score (nSPS) is 14.9. The fourth-order valence-electron chi connectivity index (χ4n) is 6.29. The predicted octanol–water partition coefficient (Wildman–Crippen LogP) is 6.80. The van der Waals surface area contributed by atoms with Gasteiger partial charge in [-0.3, -0.25) is 14.3 Å². The molecule has 1 aliphatic rings. The molecule has 0 unspecified atom stereocenters. The van der Waals surface area contributed by atoms with Crippen molar-refractivity contribution in [1.29, 1.82) is 0 Å². The average molecular weight is 686 g/mol. The number of hydrogen-bond acceptors (Lipinski definition) is 8. The second kappa shape index (κ2) is 20.8. The molecule has 2 atom stereocenters. The van der Waals surface area contributed by atoms with E-state index < -0.39 is 12.2 Å². The number of allylic oxidation sites excluding steroid dienone is 4. The number of carbonyl (C=O) groups is 2. The van der Waals surface area contributed by atoms with Gasteiger partial charge in [-0.1, -0.05) is 98.3 Å². The Morgan fingerprint density at radius 1 is 0.660 bits per heavy atom. The first kappa shape index (κ1) is 39.0. The molecular weight excluding hydrogens is 630 g/mol. The largest absolute Gasteiger partial charge is 0.390 e. The molecule has 9 heteroatoms. The van der Waals surface area contributed by atoms with E-state index in [4.69, 9.17) is 9.47 Å². The van der Waals surface area contributed by atoms with Crippen molar-refractivity contribution in [1.82, 2.24) is 15.0 Å². The summed E-state index contributed by atoms with van der Waals surface area (Å²) in [6.07, 6.45) is 11.0. The first-order chi connectivity index (χ1) is 24.2. The highest BCUT2D eigenvalue weighted by Gasteiger charge is 2.27. The number of aromatic nitrogens is 3. The first-order valence-electron chi connectivity index (χ1n) is 18.2. The second-order valence-electron chi connectivity index (χ2n) is 13.5. The van der Waals surface area contributed by atoms with Gasteiger partial charge < -0.3 is 19.7 Å². The molecule has 9 nitrogen and oxygen atoms in total. The lowest BCUT2D eigenvalue weighted by Gasteiger charge is -2.18. The van der Waals surface area contributed by atoms with Crippen LogP contribution < -0.4 is 0 Å². The number of aliphatic hydroxyl groups excluding tert-OH is 2. The van der Waals surface area contributed by atoms with E-state index in [1.54, 1.807) is 20.8 Å². The van der Waals surface area contributed by atoms with E-state index in [-0.39, 0.29) is 24.8 Å². The molecule has 0 amide bonds. The lowest BCUT2D eigenvalue weighted by Crippen LogP contribution is -2.22. The van der Waals surface area contributed by atoms with Crippen LogP contribution in [0.25, 0.3) is 11.1 Å². The summed E-state index contributed by atoms with van der Waals surface area (Å²) in [6, 6.07) is 18.4. The summed E-state index contributed by atoms with van der Waals surface area (Å²) in [5.74, 6) is 0.0690. The van der Waals surface area contributed by atoms with Gasteiger partial charge in [-0.2, -0.15) is 0 Å². The number of ketones is 2. The number of Topliss-reactive ketones (excluding diaryl/α,β-unsaturated/α-hetero) is 2. The predicted molar refractivity (Wildman–Crippen MR) is 196 cm³/mol. The first-order valence-corrected chi connectivity index (χ1v) is 18.2. The summed E-state index contributed by atoms with van der Waals surface area (Å²) in [5.41, 5.74) is 6.64. The summed E-state index contributed by atoms with van der Waals surface area (Å²) in [6.45, 7) is 7.17. The highest BCUT2D eigenvalue weighted by molar-refractivity contribution is 6.24. The molecule has 0 saturated heterocycles. The van der Waals surface area contributed by atoms with Crippen LogP contribution in [-0.4, -0.2) is 75.4 Å². The molecule has 0 bridgehead atoms. The minimum atomic E-state index is -0.679. The van der Waals surface area contributed by atoms with Gasteiger partial charge in [0.05, 0.1) is 44.3 Å². The molecule has 270 valence electrons. The Balaban J connectivity index is 0.963. The maximum absolute atomic E-state index is 12.6. The summed E-state index contributed by atoms with van der Waals surface area (Å²) in [4.78, 5) is 24.9. The van der Waals surface area contributed by atoms with Crippen molar-refractivity contribution in [3.63, 3.8) is 0 Å². The van der Waals surface area contributed by atoms with Crippen molar-refractivity contribution in [2.45, 2.75) is 110 Å². The minimum Gasteiger partial charge on any atom is -0.390 e. The average Bonchev–Trinajstić information content (AvgIpc) is 3.57. The van der Waals surface area contributed by atoms with Crippen molar-refractivity contribution in [3.8, 4) is 11.1 Å². The molecule has 50 heavy (non-hydrogen) atoms. The molecule has 3 aromatic rings. The van der Waals surface area contributed by atoms with Crippen LogP contribution in [0.1, 0.15) is 89.8 Å². The topological polar surface area (TPSA) is 124 Å². The molecule has 2 aromatic carbocycles. The van der Waals surface area contributed by atoms with Crippen LogP contribution in [0.15, 0.2) is 83.1 Å². The number of hydrogen-bond donors (Lipinski definition) is 2. The lowest BCUT2D eigenvalue weighted by atomic mass is 9.84. The number of aliphatic hydroxyl groups is 2. The second-order valence-corrected chi connectivity index (χ2v) is 13.5. The maximum atomic E-state index is 12.6. The van der Waals surface area contributed by atoms with E-state index >= 15 is 0 Å². The SMILES string of the molecule is CC1=C(C)C(=O)C(CCCCCCCCCCn2cc(C[C@H](O)COCCOC[C@@H](O)Cc3ccc(-c4ccccc4)cc3)nn2)=C(C)C1=O. The fourth-order valence-corrected chi connectivity index (χ4v) is 6.29. The van der Waals surface area contributed by atoms with Gasteiger partial charge in [0, 0.05) is 47.9 Å². The van der Waals surface area contributed by atoms with Gasteiger partial charge in [0.25, 0.3) is 0 Å². The highest BCUT2D eigenvalue weighted by Crippen LogP contribution is 2.28. The van der Waals surface area contributed by atoms with Crippen LogP contribution in [0, 0.1) is 0 Å². The standard InChI is InChI=1S/C41H55N3O6/c1-30-31(2)41(48)39(32(3)40(30)47)17-13-8-6-4-5-7-9-14-22-44-27-36(42-43-44)26-38(46)29-50-24-23-49-28-37(45)25-33-18-20-35(21-19-33)34-15-11-10-12-16-34/h10-12,15-16,18-21,27,37-38,45-46H,4-9,13-14,17,22-26,28-29H2,1-3H3/t37-,38-/m0/s1. The van der Waals surface area contributed by atoms with Crippen molar-refractivity contribution >= 4 is 11.6 Å². The molecule has 0 spiro atoms. The molecule has 0 aliphatic heterocycles. The van der Waals surface area contributed by atoms with E-state index in [0.29, 0.717) is 54.8 Å². The van der Waals surface area contributed by atoms with Gasteiger partial charge in [0.1, 0.15) is 0 Å². The van der Waals surface area contributed by atoms with Crippen LogP contribution in [0.3, 0.4) is 0 Å². The Bertz CT molecular complexity index is 1560. The molecule has 1 heterocycles. The smallest absolute Gasteiger partial charge is 0.185 e. The third kappa shape index (κ3) is 12.5. The Morgan fingerprint density at radius 2 is 1.22 bits per heavy atom. The minimum absolute atomic E-state index is 0.0199. The summed E-state index contributed by atoms with van der Waals surface area (Å²) >= 11 is 0. The zero-order chi connectivity index (χ0) is 35.7. The summed E-state index contributed by atoms with van der Waals surface area (Å²) < 4.78 is 13.0. The Morgan fingerprint density at radius 3 is 1.88 bits per heavy atom. The number of rotatable bonds is 23. The van der Waals surface area contributed by atoms with Gasteiger partial charge in [-0.15, -0.1) is 5.10 Å². The van der Waals surface area contributed by atoms with E-state index in [1.807, 2.05) is 41.2 Å². The van der Waals surface area contributed by atoms with Gasteiger partial charge in [-0.05, 0) is 56.7 Å². The van der Waals surface area contributed by atoms with E-state index in [2.05, 4.69) is 34.6 Å². The zero-order valence-electron chi connectivity index (χ0n) is 30.1. The fraction of sp³-hybridized carbons (Fsp3) is 0.512. The molecule has 0 radical (unpaired) electrons. The van der Waals surface area contributed by atoms with E-state index in [0.717, 1.165) is 55.5 Å². The molecule has 0 saturated carbocycles. The van der Waals surface area contributed by atoms with Gasteiger partial charge >= 0.3 is 0 Å². The summed E-state index contributed by atoms with van der Waals surface area (Å²) in [5, 5.41) is 29.1. The quantitative estimate of drug-likeness (QED) is 0.0826. The van der Waals surface area contributed by atoms with Crippen LogP contribution >= 0.6 is 0 Å². The number of unbranched alkanes of at least 4 members (excludes halogenated alkanes) is 7. The molecule has 0 fully saturated rings. The van der Waals surface area contributed by atoms with Crippen molar-refractivity contribution in [2.75, 3.05) is 26.4 Å². The molecule has 2 N–H and O–H groups in total. The monoisotopic (exact) mass is 685 g/mol. The Labute approximate surface area is 297 Å². The van der Waals surface area contributed by atoms with Crippen molar-refractivity contribution in [2.24, 2.45) is 0 Å². The highest BCUT2D eigenvalue weighted by atomic mass is 16.5. The van der Waals surface area contributed by atoms with Crippen molar-refractivity contribution in [3.05, 3.63) is 94.3 Å². The van der Waals surface area contributed by atoms with Crippen molar-refractivity contribution < 1.29 is 29.3 Å². The number of benzene rings is 2. The van der Waals surface area contributed by atoms with Gasteiger partial charge in [0.15, 0.2) is 11.6 Å². The molecule has 1 aromatic heterocycles. The zero-order valence-corrected chi connectivity index (χ0v) is 30.1. The maximum Gasteiger partial charge on any atom is 0.185 e. The van der Waals surface area contributed by atoms with Crippen LogP contribution in [0.4, 0.5) is 0 Å². The van der Waals surface area contributed by atoms with E-state index in [1.165, 1.54) is 24.8 Å². The molecule has 1 aliphatic carbocycles. The third-order valence-corrected chi connectivity index (χ3v) is 9.43. The summed E-state index contributed by atoms with van der Waals surface area (Å²) in [7, 11) is 0. The van der Waals surface area contributed by atoms with Gasteiger partial charge in [0.2, 0.25) is 0 Å². The molecular formula is C41H55N3O6. The Hall–Kier alpha value is -3.76. The number of nitrogens with zero attached hydrogens (tertiary/aromatic N) is 3. The van der Waals surface area contributed by atoms with Crippen LogP contribution in [0.2, 0.25) is 0 Å². The number of ether oxygens (including phenoxy) is 2. The third-order valence-electron chi connectivity index (χ3n) is 9.43. The number of carbonyl (C=O) groups excluding carboxylic acids is 2. The molecule has 4 rings (SSSR count). The van der Waals surface area contributed by atoms with Crippen LogP contribution in [0.5, 0.6) is 0 Å². The Kier molecular flexibility index (Phi) is 16.2. The van der Waals surface area contributed by atoms with Gasteiger partial charge in [-0.25, -0.2) is 0 Å². The lowest BCUT2D eigenvalue weighted by molar-refractivity contribution is -0.116. The van der Waals surface area contributed by atoms with E-state index in [9.17, 15) is 19.8 Å². The van der Waals surface area contributed by atoms with Crippen LogP contribution in [-0.2, 0) is 38.4 Å².